The van der Waals surface area contributed by atoms with Crippen LogP contribution in [0.25, 0.3) is 0 Å². The first-order valence-corrected chi connectivity index (χ1v) is 6.37. The second-order valence-corrected chi connectivity index (χ2v) is 5.04. The Morgan fingerprint density at radius 3 is 3.06 bits per heavy atom. The minimum atomic E-state index is -0.822. The minimum absolute atomic E-state index is 0.0433. The summed E-state index contributed by atoms with van der Waals surface area (Å²) in [5.41, 5.74) is 0.803. The van der Waals surface area contributed by atoms with Crippen molar-refractivity contribution in [2.24, 2.45) is 0 Å². The zero-order valence-corrected chi connectivity index (χ0v) is 10.8. The van der Waals surface area contributed by atoms with E-state index in [1.54, 1.807) is 6.26 Å². The molecule has 2 aromatic heterocycles. The Morgan fingerprint density at radius 1 is 1.56 bits per heavy atom. The van der Waals surface area contributed by atoms with Crippen LogP contribution >= 0.6 is 11.3 Å². The molecule has 0 bridgehead atoms. The lowest BCUT2D eigenvalue weighted by Gasteiger charge is -1.98. The van der Waals surface area contributed by atoms with Crippen LogP contribution in [0.3, 0.4) is 0 Å². The summed E-state index contributed by atoms with van der Waals surface area (Å²) in [5.74, 6) is 0.0471. The molecular weight excluding hydrogens is 252 g/mol. The molecule has 0 spiro atoms. The smallest absolute Gasteiger partial charge is 0.308 e. The summed E-state index contributed by atoms with van der Waals surface area (Å²) in [6, 6.07) is 3.74. The summed E-state index contributed by atoms with van der Waals surface area (Å²) < 4.78 is 5.20. The van der Waals surface area contributed by atoms with Gasteiger partial charge in [-0.25, -0.2) is 4.98 Å². The molecule has 0 aliphatic rings. The van der Waals surface area contributed by atoms with Gasteiger partial charge in [-0.05, 0) is 19.1 Å². The number of carbonyl (C=O) groups is 1. The molecule has 2 aromatic rings. The number of aliphatic carboxylic acids is 1. The van der Waals surface area contributed by atoms with E-state index in [9.17, 15) is 4.79 Å². The van der Waals surface area contributed by atoms with Gasteiger partial charge in [-0.1, -0.05) is 0 Å². The van der Waals surface area contributed by atoms with Gasteiger partial charge in [0.2, 0.25) is 0 Å². The monoisotopic (exact) mass is 266 g/mol. The highest BCUT2D eigenvalue weighted by molar-refractivity contribution is 7.11. The van der Waals surface area contributed by atoms with E-state index in [1.165, 1.54) is 11.3 Å². The first-order chi connectivity index (χ1) is 8.65. The Bertz CT molecular complexity index is 519. The Balaban J connectivity index is 1.88. The molecule has 0 unspecified atom stereocenters. The van der Waals surface area contributed by atoms with Gasteiger partial charge in [0.25, 0.3) is 0 Å². The van der Waals surface area contributed by atoms with Crippen molar-refractivity contribution in [2.45, 2.75) is 26.4 Å². The Kier molecular flexibility index (Phi) is 4.11. The lowest BCUT2D eigenvalue weighted by Crippen LogP contribution is -2.11. The maximum absolute atomic E-state index is 10.7. The van der Waals surface area contributed by atoms with Crippen molar-refractivity contribution in [2.75, 3.05) is 0 Å². The molecule has 0 atom stereocenters. The Hall–Kier alpha value is -1.66. The molecule has 0 aliphatic carbocycles. The SMILES string of the molecule is Cc1nc(CNCc2ccco2)sc1CC(=O)O. The van der Waals surface area contributed by atoms with Crippen molar-refractivity contribution >= 4 is 17.3 Å². The van der Waals surface area contributed by atoms with Gasteiger partial charge in [0, 0.05) is 11.4 Å². The standard InChI is InChI=1S/C12H14N2O3S/c1-8-10(5-12(15)16)18-11(14-8)7-13-6-9-3-2-4-17-9/h2-4,13H,5-7H2,1H3,(H,15,16). The molecule has 2 heterocycles. The van der Waals surface area contributed by atoms with Crippen molar-refractivity contribution < 1.29 is 14.3 Å². The van der Waals surface area contributed by atoms with Gasteiger partial charge in [0.15, 0.2) is 0 Å². The summed E-state index contributed by atoms with van der Waals surface area (Å²) in [6.07, 6.45) is 1.68. The molecule has 18 heavy (non-hydrogen) atoms. The first kappa shape index (κ1) is 12.8. The van der Waals surface area contributed by atoms with E-state index in [0.717, 1.165) is 21.3 Å². The average Bonchev–Trinajstić information content (AvgIpc) is 2.90. The number of nitrogens with zero attached hydrogens (tertiary/aromatic N) is 1. The minimum Gasteiger partial charge on any atom is -0.481 e. The summed E-state index contributed by atoms with van der Waals surface area (Å²) in [6.45, 7) is 3.09. The highest BCUT2D eigenvalue weighted by Gasteiger charge is 2.10. The summed E-state index contributed by atoms with van der Waals surface area (Å²) in [5, 5.41) is 12.9. The third-order valence-electron chi connectivity index (χ3n) is 2.40. The Morgan fingerprint density at radius 2 is 2.39 bits per heavy atom. The number of hydrogen-bond acceptors (Lipinski definition) is 5. The van der Waals surface area contributed by atoms with Gasteiger partial charge >= 0.3 is 5.97 Å². The van der Waals surface area contributed by atoms with E-state index in [1.807, 2.05) is 19.1 Å². The summed E-state index contributed by atoms with van der Waals surface area (Å²) in [4.78, 5) is 15.8. The second-order valence-electron chi connectivity index (χ2n) is 3.87. The molecule has 0 saturated carbocycles. The van der Waals surface area contributed by atoms with E-state index in [2.05, 4.69) is 10.3 Å². The van der Waals surface area contributed by atoms with Crippen molar-refractivity contribution in [3.8, 4) is 0 Å². The summed E-state index contributed by atoms with van der Waals surface area (Å²) in [7, 11) is 0. The maximum Gasteiger partial charge on any atom is 0.308 e. The predicted octanol–water partition coefficient (Wildman–Crippen LogP) is 1.96. The van der Waals surface area contributed by atoms with Crippen molar-refractivity contribution in [1.82, 2.24) is 10.3 Å². The molecule has 0 saturated heterocycles. The fourth-order valence-electron chi connectivity index (χ4n) is 1.57. The number of aromatic nitrogens is 1. The zero-order valence-electron chi connectivity index (χ0n) is 9.97. The maximum atomic E-state index is 10.7. The third kappa shape index (κ3) is 3.41. The van der Waals surface area contributed by atoms with Gasteiger partial charge < -0.3 is 14.8 Å². The fraction of sp³-hybridized carbons (Fsp3) is 0.333. The molecule has 6 heteroatoms. The number of nitrogens with one attached hydrogen (secondary N) is 1. The molecule has 96 valence electrons. The van der Waals surface area contributed by atoms with Crippen LogP contribution in [0.5, 0.6) is 0 Å². The number of carboxylic acid groups (broad SMARTS) is 1. The first-order valence-electron chi connectivity index (χ1n) is 5.55. The van der Waals surface area contributed by atoms with Gasteiger partial charge in [-0.15, -0.1) is 11.3 Å². The fourth-order valence-corrected chi connectivity index (χ4v) is 2.60. The Labute approximate surface area is 108 Å². The molecule has 2 N–H and O–H groups in total. The molecular formula is C12H14N2O3S. The topological polar surface area (TPSA) is 75.4 Å². The quantitative estimate of drug-likeness (QED) is 0.836. The number of rotatable bonds is 6. The molecule has 5 nitrogen and oxygen atoms in total. The van der Waals surface area contributed by atoms with Crippen LogP contribution in [-0.2, 0) is 24.3 Å². The average molecular weight is 266 g/mol. The molecule has 0 radical (unpaired) electrons. The van der Waals surface area contributed by atoms with Crippen molar-refractivity contribution in [3.05, 3.63) is 39.7 Å². The van der Waals surface area contributed by atoms with Gasteiger partial charge in [0.1, 0.15) is 10.8 Å². The molecule has 0 aromatic carbocycles. The number of furan rings is 1. The van der Waals surface area contributed by atoms with E-state index in [0.29, 0.717) is 13.1 Å². The van der Waals surface area contributed by atoms with Gasteiger partial charge in [-0.2, -0.15) is 0 Å². The number of carboxylic acids is 1. The zero-order chi connectivity index (χ0) is 13.0. The van der Waals surface area contributed by atoms with Crippen LogP contribution < -0.4 is 5.32 Å². The second kappa shape index (κ2) is 5.79. The van der Waals surface area contributed by atoms with E-state index in [-0.39, 0.29) is 6.42 Å². The number of aryl methyl sites for hydroxylation is 1. The lowest BCUT2D eigenvalue weighted by molar-refractivity contribution is -0.136. The van der Waals surface area contributed by atoms with Gasteiger partial charge in [-0.3, -0.25) is 4.79 Å². The van der Waals surface area contributed by atoms with Crippen LogP contribution in [0.15, 0.2) is 22.8 Å². The third-order valence-corrected chi connectivity index (χ3v) is 3.56. The molecule has 2 rings (SSSR count). The highest BCUT2D eigenvalue weighted by Crippen LogP contribution is 2.18. The van der Waals surface area contributed by atoms with Crippen LogP contribution in [0.2, 0.25) is 0 Å². The molecule has 0 fully saturated rings. The highest BCUT2D eigenvalue weighted by atomic mass is 32.1. The van der Waals surface area contributed by atoms with Crippen molar-refractivity contribution in [1.29, 1.82) is 0 Å². The number of thiazole rings is 1. The normalized spacial score (nSPS) is 10.7. The van der Waals surface area contributed by atoms with E-state index in [4.69, 9.17) is 9.52 Å². The van der Waals surface area contributed by atoms with Crippen LogP contribution in [0.1, 0.15) is 21.3 Å². The summed E-state index contributed by atoms with van der Waals surface area (Å²) >= 11 is 1.44. The van der Waals surface area contributed by atoms with E-state index >= 15 is 0 Å². The predicted molar refractivity (Wildman–Crippen MR) is 67.4 cm³/mol. The van der Waals surface area contributed by atoms with Crippen LogP contribution in [0, 0.1) is 6.92 Å². The lowest BCUT2D eigenvalue weighted by atomic mass is 10.3. The van der Waals surface area contributed by atoms with E-state index < -0.39 is 5.97 Å². The van der Waals surface area contributed by atoms with Crippen LogP contribution in [0.4, 0.5) is 0 Å². The molecule has 0 aliphatic heterocycles. The molecule has 0 amide bonds. The van der Waals surface area contributed by atoms with Crippen molar-refractivity contribution in [3.63, 3.8) is 0 Å². The van der Waals surface area contributed by atoms with Crippen LogP contribution in [-0.4, -0.2) is 16.1 Å². The number of hydrogen-bond donors (Lipinski definition) is 2. The van der Waals surface area contributed by atoms with Gasteiger partial charge in [0.05, 0.1) is 24.9 Å². The largest absolute Gasteiger partial charge is 0.481 e.